The molecule has 0 amide bonds. The van der Waals surface area contributed by atoms with Crippen LogP contribution in [0.4, 0.5) is 8.78 Å². The molecule has 0 saturated carbocycles. The second kappa shape index (κ2) is 10.7. The molecule has 0 aliphatic carbocycles. The average molecular weight is 447 g/mol. The van der Waals surface area contributed by atoms with E-state index in [1.54, 1.807) is 6.07 Å². The van der Waals surface area contributed by atoms with Gasteiger partial charge in [0.15, 0.2) is 5.83 Å². The van der Waals surface area contributed by atoms with Gasteiger partial charge in [-0.25, -0.2) is 8.78 Å². The lowest BCUT2D eigenvalue weighted by molar-refractivity contribution is 0.636. The Bertz CT molecular complexity index is 1150. The highest BCUT2D eigenvalue weighted by Crippen LogP contribution is 2.38. The van der Waals surface area contributed by atoms with E-state index in [1.165, 1.54) is 5.56 Å². The highest BCUT2D eigenvalue weighted by Gasteiger charge is 2.36. The first-order valence-electron chi connectivity index (χ1n) is 11.7. The normalized spacial score (nSPS) is 12.3. The maximum atomic E-state index is 15.5. The van der Waals surface area contributed by atoms with Crippen molar-refractivity contribution in [3.63, 3.8) is 0 Å². The lowest BCUT2D eigenvalue weighted by Crippen LogP contribution is -2.33. The standard InChI is InChI=1S/C29H32F2Si/c1-5-11-22-14-16-23(17-15-22)18-19-24-20-21-27(26-13-10-9-12-25(24)26)28(30)29(31)32(6-2,7-3)8-4/h9-10,12-17,20-21H,5-8,11H2,1-4H3. The van der Waals surface area contributed by atoms with Crippen LogP contribution in [0.25, 0.3) is 16.6 Å². The molecule has 3 aromatic rings. The van der Waals surface area contributed by atoms with E-state index in [1.807, 2.05) is 63.2 Å². The summed E-state index contributed by atoms with van der Waals surface area (Å²) >= 11 is 0. The third-order valence-corrected chi connectivity index (χ3v) is 11.9. The third-order valence-electron chi connectivity index (χ3n) is 6.68. The van der Waals surface area contributed by atoms with Crippen molar-refractivity contribution in [2.45, 2.75) is 58.7 Å². The largest absolute Gasteiger partial charge is 0.214 e. The van der Waals surface area contributed by atoms with Crippen LogP contribution in [0.3, 0.4) is 0 Å². The smallest absolute Gasteiger partial charge is 0.157 e. The van der Waals surface area contributed by atoms with Crippen LogP contribution in [0.2, 0.25) is 18.1 Å². The number of hydrogen-bond acceptors (Lipinski definition) is 0. The highest BCUT2D eigenvalue weighted by atomic mass is 28.3. The van der Waals surface area contributed by atoms with Crippen molar-refractivity contribution in [3.05, 3.63) is 88.4 Å². The molecule has 0 heterocycles. The number of hydrogen-bond donors (Lipinski definition) is 0. The molecular weight excluding hydrogens is 414 g/mol. The molecule has 0 aliphatic rings. The monoisotopic (exact) mass is 446 g/mol. The van der Waals surface area contributed by atoms with Crippen molar-refractivity contribution in [1.82, 2.24) is 0 Å². The number of rotatable bonds is 7. The first-order valence-corrected chi connectivity index (χ1v) is 14.3. The second-order valence-electron chi connectivity index (χ2n) is 8.37. The van der Waals surface area contributed by atoms with Gasteiger partial charge in [0.1, 0.15) is 13.5 Å². The van der Waals surface area contributed by atoms with E-state index in [-0.39, 0.29) is 0 Å². The molecular formula is C29H32F2Si. The number of benzene rings is 3. The van der Waals surface area contributed by atoms with Gasteiger partial charge >= 0.3 is 0 Å². The fraction of sp³-hybridized carbons (Fsp3) is 0.310. The minimum Gasteiger partial charge on any atom is -0.214 e. The molecule has 0 radical (unpaired) electrons. The summed E-state index contributed by atoms with van der Waals surface area (Å²) in [4.78, 5) is 0. The molecule has 0 unspecified atom stereocenters. The fourth-order valence-electron chi connectivity index (χ4n) is 4.35. The lowest BCUT2D eigenvalue weighted by atomic mass is 9.99. The zero-order chi connectivity index (χ0) is 23.1. The summed E-state index contributed by atoms with van der Waals surface area (Å²) in [5.41, 5.74) is 2.91. The summed E-state index contributed by atoms with van der Waals surface area (Å²) in [6.07, 6.45) is 2.18. The minimum atomic E-state index is -2.43. The molecule has 0 aromatic heterocycles. The van der Waals surface area contributed by atoms with Gasteiger partial charge in [0.2, 0.25) is 0 Å². The van der Waals surface area contributed by atoms with E-state index in [0.29, 0.717) is 29.1 Å². The van der Waals surface area contributed by atoms with Crippen molar-refractivity contribution >= 4 is 24.7 Å². The summed E-state index contributed by atoms with van der Waals surface area (Å²) in [5, 5.41) is 1.55. The van der Waals surface area contributed by atoms with Crippen LogP contribution in [0, 0.1) is 11.8 Å². The summed E-state index contributed by atoms with van der Waals surface area (Å²) < 4.78 is 30.9. The van der Waals surface area contributed by atoms with Crippen molar-refractivity contribution in [3.8, 4) is 11.8 Å². The molecule has 0 atom stereocenters. The van der Waals surface area contributed by atoms with Crippen LogP contribution in [0.1, 0.15) is 56.4 Å². The fourth-order valence-corrected chi connectivity index (χ4v) is 7.38. The Hall–Kier alpha value is -2.70. The molecule has 0 aliphatic heterocycles. The lowest BCUT2D eigenvalue weighted by Gasteiger charge is -2.26. The second-order valence-corrected chi connectivity index (χ2v) is 13.5. The Balaban J connectivity index is 2.06. The van der Waals surface area contributed by atoms with E-state index in [4.69, 9.17) is 0 Å². The molecule has 0 spiro atoms. The van der Waals surface area contributed by atoms with Gasteiger partial charge in [-0.15, -0.1) is 0 Å². The van der Waals surface area contributed by atoms with Gasteiger partial charge in [-0.3, -0.25) is 0 Å². The van der Waals surface area contributed by atoms with Crippen LogP contribution >= 0.6 is 0 Å². The third kappa shape index (κ3) is 4.86. The highest BCUT2D eigenvalue weighted by molar-refractivity contribution is 6.86. The molecule has 3 aromatic carbocycles. The van der Waals surface area contributed by atoms with Crippen molar-refractivity contribution < 1.29 is 8.78 Å². The van der Waals surface area contributed by atoms with E-state index in [0.717, 1.165) is 29.4 Å². The zero-order valence-electron chi connectivity index (χ0n) is 19.6. The SMILES string of the molecule is CCCc1ccc(C#Cc2ccc(C(F)=C(F)[Si](CC)(CC)CC)c3ccccc23)cc1. The number of aryl methyl sites for hydroxylation is 1. The van der Waals surface area contributed by atoms with Crippen LogP contribution < -0.4 is 0 Å². The Morgan fingerprint density at radius 1 is 0.750 bits per heavy atom. The average Bonchev–Trinajstić information content (AvgIpc) is 2.84. The Morgan fingerprint density at radius 3 is 1.97 bits per heavy atom. The van der Waals surface area contributed by atoms with Gasteiger partial charge in [0.05, 0.1) is 0 Å². The topological polar surface area (TPSA) is 0 Å². The first-order chi connectivity index (χ1) is 15.5. The van der Waals surface area contributed by atoms with Gasteiger partial charge in [-0.1, -0.05) is 107 Å². The summed E-state index contributed by atoms with van der Waals surface area (Å²) in [7, 11) is -2.43. The molecule has 166 valence electrons. The Morgan fingerprint density at radius 2 is 1.38 bits per heavy atom. The first kappa shape index (κ1) is 23.9. The van der Waals surface area contributed by atoms with Crippen LogP contribution in [-0.4, -0.2) is 8.07 Å². The maximum absolute atomic E-state index is 15.5. The predicted molar refractivity (Wildman–Crippen MR) is 137 cm³/mol. The van der Waals surface area contributed by atoms with Crippen molar-refractivity contribution in [2.24, 2.45) is 0 Å². The van der Waals surface area contributed by atoms with Crippen LogP contribution in [-0.2, 0) is 6.42 Å². The van der Waals surface area contributed by atoms with Gasteiger partial charge in [0.25, 0.3) is 0 Å². The van der Waals surface area contributed by atoms with Crippen LogP contribution in [0.15, 0.2) is 66.1 Å². The van der Waals surface area contributed by atoms with E-state index >= 15 is 8.78 Å². The van der Waals surface area contributed by atoms with Crippen LogP contribution in [0.5, 0.6) is 0 Å². The molecule has 3 heteroatoms. The minimum absolute atomic E-state index is 0.333. The Labute approximate surface area is 192 Å². The summed E-state index contributed by atoms with van der Waals surface area (Å²) in [5.74, 6) is 5.77. The maximum Gasteiger partial charge on any atom is 0.157 e. The van der Waals surface area contributed by atoms with Gasteiger partial charge in [-0.05, 0) is 41.0 Å². The Kier molecular flexibility index (Phi) is 8.04. The summed E-state index contributed by atoms with van der Waals surface area (Å²) in [6.45, 7) is 8.12. The quantitative estimate of drug-likeness (QED) is 0.251. The molecule has 0 nitrogen and oxygen atoms in total. The van der Waals surface area contributed by atoms with Gasteiger partial charge in [0, 0.05) is 16.7 Å². The summed E-state index contributed by atoms with van der Waals surface area (Å²) in [6, 6.07) is 21.5. The number of fused-ring (bicyclic) bond motifs is 1. The predicted octanol–water partition coefficient (Wildman–Crippen LogP) is 8.85. The van der Waals surface area contributed by atoms with Crippen molar-refractivity contribution in [1.29, 1.82) is 0 Å². The van der Waals surface area contributed by atoms with E-state index < -0.39 is 19.4 Å². The molecule has 0 bridgehead atoms. The van der Waals surface area contributed by atoms with E-state index in [9.17, 15) is 0 Å². The molecule has 0 saturated heterocycles. The van der Waals surface area contributed by atoms with Gasteiger partial charge < -0.3 is 0 Å². The molecule has 0 fully saturated rings. The molecule has 3 rings (SSSR count). The van der Waals surface area contributed by atoms with Gasteiger partial charge in [-0.2, -0.15) is 0 Å². The number of halogens is 2. The van der Waals surface area contributed by atoms with E-state index in [2.05, 4.69) is 30.9 Å². The van der Waals surface area contributed by atoms with Crippen molar-refractivity contribution in [2.75, 3.05) is 0 Å². The molecule has 0 N–H and O–H groups in total. The molecule has 32 heavy (non-hydrogen) atoms. The zero-order valence-corrected chi connectivity index (χ0v) is 20.6.